The molecule has 1 heterocycles. The molecule has 1 aliphatic rings. The standard InChI is InChI=1S/C11H12FNO2S/c12-9-2-1-7(5-10(9)16)11(15)13-4-3-8(14)6-13/h1-2,5,8,14,16H,3-4,6H2. The molecule has 1 amide bonds. The van der Waals surface area contributed by atoms with Gasteiger partial charge in [-0.25, -0.2) is 4.39 Å². The van der Waals surface area contributed by atoms with Crippen molar-refractivity contribution in [1.82, 2.24) is 4.90 Å². The average Bonchev–Trinajstić information content (AvgIpc) is 2.68. The Kier molecular flexibility index (Phi) is 3.16. The van der Waals surface area contributed by atoms with E-state index in [0.717, 1.165) is 0 Å². The minimum atomic E-state index is -0.445. The highest BCUT2D eigenvalue weighted by atomic mass is 32.1. The monoisotopic (exact) mass is 241 g/mol. The number of likely N-dealkylation sites (tertiary alicyclic amines) is 1. The lowest BCUT2D eigenvalue weighted by Crippen LogP contribution is -2.29. The number of thiol groups is 1. The SMILES string of the molecule is O=C(c1ccc(F)c(S)c1)N1CCC(O)C1. The van der Waals surface area contributed by atoms with Gasteiger partial charge in [-0.1, -0.05) is 0 Å². The van der Waals surface area contributed by atoms with Crippen molar-refractivity contribution in [2.45, 2.75) is 17.4 Å². The summed E-state index contributed by atoms with van der Waals surface area (Å²) in [6, 6.07) is 4.07. The predicted molar refractivity (Wildman–Crippen MR) is 60.2 cm³/mol. The Balaban J connectivity index is 2.18. The van der Waals surface area contributed by atoms with Crippen LogP contribution in [0.15, 0.2) is 23.1 Å². The molecule has 0 radical (unpaired) electrons. The zero-order valence-electron chi connectivity index (χ0n) is 8.56. The molecular formula is C11H12FNO2S. The van der Waals surface area contributed by atoms with Crippen molar-refractivity contribution in [3.63, 3.8) is 0 Å². The van der Waals surface area contributed by atoms with Crippen LogP contribution in [0.4, 0.5) is 4.39 Å². The number of amides is 1. The van der Waals surface area contributed by atoms with Crippen LogP contribution in [0.25, 0.3) is 0 Å². The molecule has 1 aromatic carbocycles. The summed E-state index contributed by atoms with van der Waals surface area (Å²) in [5.74, 6) is -0.631. The largest absolute Gasteiger partial charge is 0.391 e. The first-order valence-corrected chi connectivity index (χ1v) is 5.48. The van der Waals surface area contributed by atoms with Crippen LogP contribution < -0.4 is 0 Å². The average molecular weight is 241 g/mol. The number of halogens is 1. The quantitative estimate of drug-likeness (QED) is 0.728. The normalized spacial score (nSPS) is 20.2. The van der Waals surface area contributed by atoms with Crippen molar-refractivity contribution in [2.75, 3.05) is 13.1 Å². The molecule has 1 aromatic rings. The molecular weight excluding hydrogens is 229 g/mol. The molecule has 0 spiro atoms. The first kappa shape index (κ1) is 11.4. The third kappa shape index (κ3) is 2.20. The molecule has 1 aliphatic heterocycles. The summed E-state index contributed by atoms with van der Waals surface area (Å²) in [5, 5.41) is 9.33. The number of aliphatic hydroxyl groups is 1. The molecule has 1 saturated heterocycles. The second kappa shape index (κ2) is 4.43. The van der Waals surface area contributed by atoms with Crippen LogP contribution in [0.5, 0.6) is 0 Å². The van der Waals surface area contributed by atoms with Gasteiger partial charge in [0.05, 0.1) is 6.10 Å². The van der Waals surface area contributed by atoms with Crippen molar-refractivity contribution in [3.05, 3.63) is 29.6 Å². The van der Waals surface area contributed by atoms with Gasteiger partial charge in [0.2, 0.25) is 0 Å². The maximum absolute atomic E-state index is 13.0. The highest BCUT2D eigenvalue weighted by Gasteiger charge is 2.25. The third-order valence-electron chi connectivity index (χ3n) is 2.64. The van der Waals surface area contributed by atoms with E-state index in [0.29, 0.717) is 25.1 Å². The van der Waals surface area contributed by atoms with Gasteiger partial charge in [-0.3, -0.25) is 4.79 Å². The van der Waals surface area contributed by atoms with Crippen LogP contribution >= 0.6 is 12.6 Å². The smallest absolute Gasteiger partial charge is 0.253 e. The van der Waals surface area contributed by atoms with E-state index in [9.17, 15) is 14.3 Å². The molecule has 5 heteroatoms. The van der Waals surface area contributed by atoms with E-state index in [1.165, 1.54) is 18.2 Å². The van der Waals surface area contributed by atoms with Crippen LogP contribution in [0, 0.1) is 5.82 Å². The molecule has 1 atom stereocenters. The Morgan fingerprint density at radius 1 is 1.56 bits per heavy atom. The molecule has 86 valence electrons. The van der Waals surface area contributed by atoms with Gasteiger partial charge in [0.25, 0.3) is 5.91 Å². The van der Waals surface area contributed by atoms with Gasteiger partial charge in [0.1, 0.15) is 5.82 Å². The number of rotatable bonds is 1. The number of aliphatic hydroxyl groups excluding tert-OH is 1. The van der Waals surface area contributed by atoms with Gasteiger partial charge in [-0.2, -0.15) is 0 Å². The van der Waals surface area contributed by atoms with E-state index >= 15 is 0 Å². The summed E-state index contributed by atoms with van der Waals surface area (Å²) in [6.07, 6.45) is 0.153. The van der Waals surface area contributed by atoms with E-state index in [-0.39, 0.29) is 10.8 Å². The molecule has 0 bridgehead atoms. The molecule has 2 rings (SSSR count). The Morgan fingerprint density at radius 3 is 2.88 bits per heavy atom. The van der Waals surface area contributed by atoms with Crippen LogP contribution in [-0.2, 0) is 0 Å². The lowest BCUT2D eigenvalue weighted by atomic mass is 10.2. The van der Waals surface area contributed by atoms with Crippen LogP contribution in [0.1, 0.15) is 16.8 Å². The number of nitrogens with zero attached hydrogens (tertiary/aromatic N) is 1. The Bertz CT molecular complexity index is 424. The van der Waals surface area contributed by atoms with Crippen LogP contribution in [0.2, 0.25) is 0 Å². The summed E-state index contributed by atoms with van der Waals surface area (Å²) in [7, 11) is 0. The van der Waals surface area contributed by atoms with Crippen molar-refractivity contribution < 1.29 is 14.3 Å². The van der Waals surface area contributed by atoms with E-state index in [1.807, 2.05) is 0 Å². The minimum Gasteiger partial charge on any atom is -0.391 e. The molecule has 0 aromatic heterocycles. The number of hydrogen-bond acceptors (Lipinski definition) is 3. The zero-order valence-corrected chi connectivity index (χ0v) is 9.45. The lowest BCUT2D eigenvalue weighted by molar-refractivity contribution is 0.0764. The summed E-state index contributed by atoms with van der Waals surface area (Å²) in [5.41, 5.74) is 0.403. The molecule has 1 unspecified atom stereocenters. The third-order valence-corrected chi connectivity index (χ3v) is 2.99. The fourth-order valence-corrected chi connectivity index (χ4v) is 1.97. The van der Waals surface area contributed by atoms with Crippen molar-refractivity contribution in [2.24, 2.45) is 0 Å². The van der Waals surface area contributed by atoms with Gasteiger partial charge in [-0.15, -0.1) is 12.6 Å². The van der Waals surface area contributed by atoms with Gasteiger partial charge in [0.15, 0.2) is 0 Å². The molecule has 1 fully saturated rings. The second-order valence-electron chi connectivity index (χ2n) is 3.86. The van der Waals surface area contributed by atoms with E-state index in [4.69, 9.17) is 0 Å². The topological polar surface area (TPSA) is 40.5 Å². The highest BCUT2D eigenvalue weighted by molar-refractivity contribution is 7.80. The number of hydrogen-bond donors (Lipinski definition) is 2. The molecule has 3 nitrogen and oxygen atoms in total. The fraction of sp³-hybridized carbons (Fsp3) is 0.364. The van der Waals surface area contributed by atoms with Crippen molar-refractivity contribution >= 4 is 18.5 Å². The van der Waals surface area contributed by atoms with E-state index in [1.54, 1.807) is 4.90 Å². The fourth-order valence-electron chi connectivity index (χ4n) is 1.75. The second-order valence-corrected chi connectivity index (χ2v) is 4.34. The summed E-state index contributed by atoms with van der Waals surface area (Å²) in [6.45, 7) is 0.886. The first-order chi connectivity index (χ1) is 7.58. The number of carbonyl (C=O) groups is 1. The van der Waals surface area contributed by atoms with Crippen molar-refractivity contribution in [3.8, 4) is 0 Å². The molecule has 1 N–H and O–H groups in total. The van der Waals surface area contributed by atoms with E-state index < -0.39 is 11.9 Å². The Labute approximate surface area is 98.3 Å². The van der Waals surface area contributed by atoms with Gasteiger partial charge >= 0.3 is 0 Å². The highest BCUT2D eigenvalue weighted by Crippen LogP contribution is 2.18. The number of carbonyl (C=O) groups excluding carboxylic acids is 1. The summed E-state index contributed by atoms with van der Waals surface area (Å²) in [4.78, 5) is 13.6. The lowest BCUT2D eigenvalue weighted by Gasteiger charge is -2.15. The Hall–Kier alpha value is -1.07. The van der Waals surface area contributed by atoms with Crippen LogP contribution in [-0.4, -0.2) is 35.1 Å². The van der Waals surface area contributed by atoms with E-state index in [2.05, 4.69) is 12.6 Å². The van der Waals surface area contributed by atoms with Gasteiger partial charge < -0.3 is 10.0 Å². The first-order valence-electron chi connectivity index (χ1n) is 5.04. The van der Waals surface area contributed by atoms with Crippen molar-refractivity contribution in [1.29, 1.82) is 0 Å². The Morgan fingerprint density at radius 2 is 2.31 bits per heavy atom. The van der Waals surface area contributed by atoms with Crippen LogP contribution in [0.3, 0.4) is 0 Å². The number of β-amino-alcohol motifs (C(OH)–C–C–N with tert-alkyl or cyclic N) is 1. The minimum absolute atomic E-state index is 0.158. The summed E-state index contributed by atoms with van der Waals surface area (Å²) >= 11 is 3.93. The summed E-state index contributed by atoms with van der Waals surface area (Å²) < 4.78 is 13.0. The number of benzene rings is 1. The molecule has 16 heavy (non-hydrogen) atoms. The van der Waals surface area contributed by atoms with Gasteiger partial charge in [-0.05, 0) is 24.6 Å². The maximum Gasteiger partial charge on any atom is 0.253 e. The van der Waals surface area contributed by atoms with Gasteiger partial charge in [0, 0.05) is 23.5 Å². The predicted octanol–water partition coefficient (Wildman–Crippen LogP) is 1.32. The zero-order chi connectivity index (χ0) is 11.7. The molecule has 0 aliphatic carbocycles. The molecule has 0 saturated carbocycles. The maximum atomic E-state index is 13.0.